The highest BCUT2D eigenvalue weighted by atomic mass is 16.6. The largest absolute Gasteiger partial charge is 0.508 e. The van der Waals surface area contributed by atoms with Gasteiger partial charge in [-0.25, -0.2) is 0 Å². The van der Waals surface area contributed by atoms with Gasteiger partial charge in [0, 0.05) is 12.5 Å². The Labute approximate surface area is 301 Å². The molecule has 3 rings (SSSR count). The highest BCUT2D eigenvalue weighted by Gasteiger charge is 2.39. The molecule has 0 aromatic heterocycles. The summed E-state index contributed by atoms with van der Waals surface area (Å²) in [4.78, 5) is 38.4. The molecule has 1 aliphatic rings. The van der Waals surface area contributed by atoms with Crippen LogP contribution in [0.4, 0.5) is 0 Å². The number of allylic oxidation sites excluding steroid dienone is 14. The van der Waals surface area contributed by atoms with Crippen LogP contribution in [-0.4, -0.2) is 34.0 Å². The third-order valence-electron chi connectivity index (χ3n) is 8.19. The molecule has 0 fully saturated rings. The first-order chi connectivity index (χ1) is 24.2. The van der Waals surface area contributed by atoms with Crippen molar-refractivity contribution in [2.24, 2.45) is 5.41 Å². The van der Waals surface area contributed by atoms with E-state index in [1.807, 2.05) is 89.3 Å². The van der Waals surface area contributed by atoms with E-state index in [9.17, 15) is 24.6 Å². The predicted molar refractivity (Wildman–Crippen MR) is 205 cm³/mol. The van der Waals surface area contributed by atoms with E-state index in [1.54, 1.807) is 49.4 Å². The van der Waals surface area contributed by atoms with Crippen LogP contribution in [0.3, 0.4) is 0 Å². The summed E-state index contributed by atoms with van der Waals surface area (Å²) in [6.07, 6.45) is 22.2. The molecule has 0 spiro atoms. The maximum atomic E-state index is 13.2. The highest BCUT2D eigenvalue weighted by molar-refractivity contribution is 6.01. The van der Waals surface area contributed by atoms with Crippen molar-refractivity contribution in [3.63, 3.8) is 0 Å². The van der Waals surface area contributed by atoms with E-state index in [4.69, 9.17) is 9.47 Å². The zero-order valence-electron chi connectivity index (χ0n) is 30.3. The number of rotatable bonds is 14. The number of phenolic OH excluding ortho intramolecular Hbond substituents is 2. The van der Waals surface area contributed by atoms with Gasteiger partial charge in [0.2, 0.25) is 0 Å². The summed E-state index contributed by atoms with van der Waals surface area (Å²) in [6, 6.07) is 11.0. The van der Waals surface area contributed by atoms with Gasteiger partial charge in [0.1, 0.15) is 17.2 Å². The number of hydrogen-bond donors (Lipinski definition) is 2. The minimum Gasteiger partial charge on any atom is -0.508 e. The number of benzene rings is 2. The average Bonchev–Trinajstić information content (AvgIpc) is 3.07. The van der Waals surface area contributed by atoms with E-state index in [0.29, 0.717) is 23.3 Å². The van der Waals surface area contributed by atoms with E-state index in [0.717, 1.165) is 27.9 Å². The SMILES string of the molecule is C=C/C(C)=C/C=C/C=C(C)/C=C/C=C(C)/C=C/C1=C(C)C(=O)C(OC(=O)CCC(=O)Oc2ccc(/C=C/c3cc(O)cc(O)c3)cc2)CC1(C)C. The number of Topliss-reactive ketones (excluding diaryl/α,β-unsaturated/α-hetero) is 1. The summed E-state index contributed by atoms with van der Waals surface area (Å²) in [5.74, 6) is -1.25. The van der Waals surface area contributed by atoms with Crippen LogP contribution < -0.4 is 4.74 Å². The Morgan fingerprint density at radius 1 is 0.804 bits per heavy atom. The Hall–Kier alpha value is -5.69. The Balaban J connectivity index is 1.51. The Morgan fingerprint density at radius 2 is 1.37 bits per heavy atom. The molecule has 1 atom stereocenters. The third-order valence-corrected chi connectivity index (χ3v) is 8.19. The topological polar surface area (TPSA) is 110 Å². The van der Waals surface area contributed by atoms with Crippen molar-refractivity contribution in [2.45, 2.75) is 66.9 Å². The van der Waals surface area contributed by atoms with Crippen molar-refractivity contribution in [1.29, 1.82) is 0 Å². The molecule has 0 saturated carbocycles. The van der Waals surface area contributed by atoms with Crippen LogP contribution in [0.2, 0.25) is 0 Å². The third kappa shape index (κ3) is 13.3. The number of phenols is 2. The Morgan fingerprint density at radius 3 is 2.02 bits per heavy atom. The summed E-state index contributed by atoms with van der Waals surface area (Å²) in [6.45, 7) is 15.5. The lowest BCUT2D eigenvalue weighted by atomic mass is 9.71. The number of esters is 2. The second kappa shape index (κ2) is 18.9. The zero-order chi connectivity index (χ0) is 37.6. The van der Waals surface area contributed by atoms with Crippen LogP contribution in [-0.2, 0) is 19.1 Å². The molecule has 51 heavy (non-hydrogen) atoms. The average molecular weight is 689 g/mol. The molecule has 7 nitrogen and oxygen atoms in total. The van der Waals surface area contributed by atoms with Gasteiger partial charge in [-0.1, -0.05) is 122 Å². The van der Waals surface area contributed by atoms with Gasteiger partial charge in [-0.3, -0.25) is 14.4 Å². The lowest BCUT2D eigenvalue weighted by molar-refractivity contribution is -0.157. The Kier molecular flexibility index (Phi) is 14.7. The molecule has 0 heterocycles. The van der Waals surface area contributed by atoms with Gasteiger partial charge in [-0.05, 0) is 79.6 Å². The van der Waals surface area contributed by atoms with E-state index >= 15 is 0 Å². The van der Waals surface area contributed by atoms with Crippen molar-refractivity contribution in [1.82, 2.24) is 0 Å². The minimum atomic E-state index is -0.926. The van der Waals surface area contributed by atoms with Crippen LogP contribution in [0.15, 0.2) is 138 Å². The van der Waals surface area contributed by atoms with Crippen LogP contribution in [0, 0.1) is 5.41 Å². The minimum absolute atomic E-state index is 0.0423. The van der Waals surface area contributed by atoms with Crippen LogP contribution in [0.1, 0.15) is 71.9 Å². The number of ketones is 1. The van der Waals surface area contributed by atoms with Gasteiger partial charge in [0.15, 0.2) is 11.9 Å². The van der Waals surface area contributed by atoms with Crippen molar-refractivity contribution in [3.8, 4) is 17.2 Å². The van der Waals surface area contributed by atoms with Crippen LogP contribution >= 0.6 is 0 Å². The van der Waals surface area contributed by atoms with Crippen molar-refractivity contribution < 1.29 is 34.1 Å². The molecule has 2 aromatic carbocycles. The second-order valence-electron chi connectivity index (χ2n) is 13.1. The fraction of sp³-hybridized carbons (Fsp3) is 0.250. The lowest BCUT2D eigenvalue weighted by Crippen LogP contribution is -2.39. The molecular weight excluding hydrogens is 640 g/mol. The molecular formula is C44H48O7. The van der Waals surface area contributed by atoms with Gasteiger partial charge in [0.25, 0.3) is 0 Å². The number of aromatic hydroxyl groups is 2. The first-order valence-corrected chi connectivity index (χ1v) is 16.8. The van der Waals surface area contributed by atoms with E-state index in [-0.39, 0.29) is 30.1 Å². The number of carbonyl (C=O) groups excluding carboxylic acids is 3. The number of carbonyl (C=O) groups is 3. The highest BCUT2D eigenvalue weighted by Crippen LogP contribution is 2.41. The second-order valence-corrected chi connectivity index (χ2v) is 13.1. The summed E-state index contributed by atoms with van der Waals surface area (Å²) in [5.41, 5.74) is 5.66. The first-order valence-electron chi connectivity index (χ1n) is 16.8. The normalized spacial score (nSPS) is 17.3. The van der Waals surface area contributed by atoms with Gasteiger partial charge < -0.3 is 19.7 Å². The lowest BCUT2D eigenvalue weighted by Gasteiger charge is -2.36. The van der Waals surface area contributed by atoms with Crippen molar-refractivity contribution in [3.05, 3.63) is 149 Å². The molecule has 0 radical (unpaired) electrons. The zero-order valence-corrected chi connectivity index (χ0v) is 30.3. The number of ether oxygens (including phenoxy) is 2. The predicted octanol–water partition coefficient (Wildman–Crippen LogP) is 9.87. The summed E-state index contributed by atoms with van der Waals surface area (Å²) in [7, 11) is 0. The van der Waals surface area contributed by atoms with E-state index < -0.39 is 23.5 Å². The van der Waals surface area contributed by atoms with Gasteiger partial charge in [-0.15, -0.1) is 0 Å². The van der Waals surface area contributed by atoms with Crippen molar-refractivity contribution in [2.75, 3.05) is 0 Å². The first kappa shape index (κ1) is 39.7. The summed E-state index contributed by atoms with van der Waals surface area (Å²) < 4.78 is 10.9. The smallest absolute Gasteiger partial charge is 0.311 e. The fourth-order valence-corrected chi connectivity index (χ4v) is 5.31. The molecule has 0 saturated heterocycles. The quantitative estimate of drug-likeness (QED) is 0.0880. The maximum Gasteiger partial charge on any atom is 0.311 e. The van der Waals surface area contributed by atoms with Gasteiger partial charge in [-0.2, -0.15) is 0 Å². The summed E-state index contributed by atoms with van der Waals surface area (Å²) in [5, 5.41) is 19.2. The molecule has 0 amide bonds. The van der Waals surface area contributed by atoms with Crippen molar-refractivity contribution >= 4 is 29.9 Å². The van der Waals surface area contributed by atoms with Gasteiger partial charge >= 0.3 is 11.9 Å². The molecule has 2 N–H and O–H groups in total. The molecule has 1 aliphatic carbocycles. The van der Waals surface area contributed by atoms with Crippen LogP contribution in [0.25, 0.3) is 12.2 Å². The molecule has 0 aliphatic heterocycles. The Bertz CT molecular complexity index is 1830. The monoisotopic (exact) mass is 688 g/mol. The molecule has 1 unspecified atom stereocenters. The van der Waals surface area contributed by atoms with Gasteiger partial charge in [0.05, 0.1) is 12.8 Å². The maximum absolute atomic E-state index is 13.2. The molecule has 266 valence electrons. The van der Waals surface area contributed by atoms with E-state index in [1.165, 1.54) is 18.2 Å². The molecule has 0 bridgehead atoms. The van der Waals surface area contributed by atoms with Crippen LogP contribution in [0.5, 0.6) is 17.2 Å². The summed E-state index contributed by atoms with van der Waals surface area (Å²) >= 11 is 0. The molecule has 7 heteroatoms. The standard InChI is InChI=1S/C44H48O7/c1-8-30(2)12-9-10-13-31(3)14-11-15-32(4)16-23-39-33(5)43(49)40(29-44(39,6)7)51-42(48)25-24-41(47)50-38-21-19-34(20-22-38)17-18-35-26-36(45)28-37(46)27-35/h8-23,26-28,40,45-46H,1,24-25,29H2,2-7H3/b10-9+,14-11+,18-17+,23-16+,30-12+,31-13+,32-15+. The fourth-order valence-electron chi connectivity index (χ4n) is 5.31. The molecule has 2 aromatic rings. The number of hydrogen-bond acceptors (Lipinski definition) is 7. The van der Waals surface area contributed by atoms with E-state index in [2.05, 4.69) is 6.58 Å².